The van der Waals surface area contributed by atoms with Crippen molar-refractivity contribution in [3.63, 3.8) is 0 Å². The van der Waals surface area contributed by atoms with Gasteiger partial charge in [0, 0.05) is 19.0 Å². The third-order valence-corrected chi connectivity index (χ3v) is 4.22. The topological polar surface area (TPSA) is 43.8 Å². The Balaban J connectivity index is 2.39. The summed E-state index contributed by atoms with van der Waals surface area (Å²) in [5.41, 5.74) is 9.16. The Labute approximate surface area is 119 Å². The summed E-state index contributed by atoms with van der Waals surface area (Å²) < 4.78 is 1.83. The molecular weight excluding hydrogens is 258 g/mol. The molecule has 1 aromatic heterocycles. The standard InChI is InChI=1S/C15H20ClN3/c1-4-15(17,12-8-6-5-7-9-12)10-13-14(16)11(2)18-19(13)3/h5-9H,4,10,17H2,1-3H3. The fourth-order valence-electron chi connectivity index (χ4n) is 2.37. The Morgan fingerprint density at radius 1 is 1.32 bits per heavy atom. The van der Waals surface area contributed by atoms with Crippen LogP contribution < -0.4 is 5.73 Å². The van der Waals surface area contributed by atoms with Crippen LogP contribution in [0.5, 0.6) is 0 Å². The van der Waals surface area contributed by atoms with Gasteiger partial charge in [0.05, 0.1) is 16.4 Å². The second-order valence-electron chi connectivity index (χ2n) is 5.02. The maximum absolute atomic E-state index is 6.60. The Kier molecular flexibility index (Phi) is 3.97. The van der Waals surface area contributed by atoms with Crippen LogP contribution in [0.4, 0.5) is 0 Å². The van der Waals surface area contributed by atoms with Crippen LogP contribution in [0.2, 0.25) is 5.02 Å². The molecule has 0 fully saturated rings. The first kappa shape index (κ1) is 14.1. The van der Waals surface area contributed by atoms with Crippen molar-refractivity contribution in [2.24, 2.45) is 12.8 Å². The summed E-state index contributed by atoms with van der Waals surface area (Å²) in [4.78, 5) is 0. The van der Waals surface area contributed by atoms with Gasteiger partial charge in [-0.2, -0.15) is 5.10 Å². The summed E-state index contributed by atoms with van der Waals surface area (Å²) in [6.07, 6.45) is 1.53. The number of hydrogen-bond donors (Lipinski definition) is 1. The van der Waals surface area contributed by atoms with E-state index >= 15 is 0 Å². The molecule has 4 heteroatoms. The largest absolute Gasteiger partial charge is 0.321 e. The van der Waals surface area contributed by atoms with Gasteiger partial charge in [-0.15, -0.1) is 0 Å². The summed E-state index contributed by atoms with van der Waals surface area (Å²) in [6, 6.07) is 10.2. The first-order valence-electron chi connectivity index (χ1n) is 6.50. The molecule has 0 aliphatic rings. The van der Waals surface area contributed by atoms with Gasteiger partial charge in [-0.3, -0.25) is 4.68 Å². The van der Waals surface area contributed by atoms with E-state index in [-0.39, 0.29) is 0 Å². The van der Waals surface area contributed by atoms with Crippen molar-refractivity contribution in [2.45, 2.75) is 32.2 Å². The fourth-order valence-corrected chi connectivity index (χ4v) is 2.60. The summed E-state index contributed by atoms with van der Waals surface area (Å²) >= 11 is 6.33. The van der Waals surface area contributed by atoms with Crippen molar-refractivity contribution >= 4 is 11.6 Å². The van der Waals surface area contributed by atoms with Crippen LogP contribution in [0.15, 0.2) is 30.3 Å². The maximum atomic E-state index is 6.60. The molecule has 0 bridgehead atoms. The van der Waals surface area contributed by atoms with Crippen LogP contribution in [0.1, 0.15) is 30.3 Å². The molecule has 0 spiro atoms. The summed E-state index contributed by atoms with van der Waals surface area (Å²) in [7, 11) is 1.91. The average Bonchev–Trinajstić information content (AvgIpc) is 2.66. The van der Waals surface area contributed by atoms with Crippen molar-refractivity contribution in [3.8, 4) is 0 Å². The zero-order valence-corrected chi connectivity index (χ0v) is 12.4. The van der Waals surface area contributed by atoms with Crippen molar-refractivity contribution < 1.29 is 0 Å². The quantitative estimate of drug-likeness (QED) is 0.933. The van der Waals surface area contributed by atoms with E-state index in [0.717, 1.165) is 28.4 Å². The Hall–Kier alpha value is -1.32. The zero-order chi connectivity index (χ0) is 14.0. The summed E-state index contributed by atoms with van der Waals surface area (Å²) in [6.45, 7) is 4.02. The van der Waals surface area contributed by atoms with Gasteiger partial charge in [0.2, 0.25) is 0 Å². The molecule has 0 amide bonds. The first-order valence-corrected chi connectivity index (χ1v) is 6.88. The molecule has 102 valence electrons. The number of nitrogens with zero attached hydrogens (tertiary/aromatic N) is 2. The fraction of sp³-hybridized carbons (Fsp3) is 0.400. The number of hydrogen-bond acceptors (Lipinski definition) is 2. The lowest BCUT2D eigenvalue weighted by molar-refractivity contribution is 0.412. The van der Waals surface area contributed by atoms with Gasteiger partial charge >= 0.3 is 0 Å². The molecule has 0 saturated heterocycles. The van der Waals surface area contributed by atoms with Crippen LogP contribution in [0.3, 0.4) is 0 Å². The highest BCUT2D eigenvalue weighted by molar-refractivity contribution is 6.31. The molecule has 3 nitrogen and oxygen atoms in total. The molecule has 2 aromatic rings. The van der Waals surface area contributed by atoms with Crippen molar-refractivity contribution in [3.05, 3.63) is 52.3 Å². The van der Waals surface area contributed by atoms with Gasteiger partial charge in [-0.05, 0) is 18.9 Å². The average molecular weight is 278 g/mol. The lowest BCUT2D eigenvalue weighted by Crippen LogP contribution is -2.39. The van der Waals surface area contributed by atoms with Crippen LogP contribution in [-0.4, -0.2) is 9.78 Å². The summed E-state index contributed by atoms with van der Waals surface area (Å²) in [5, 5.41) is 5.08. The smallest absolute Gasteiger partial charge is 0.0847 e. The van der Waals surface area contributed by atoms with E-state index in [0.29, 0.717) is 6.42 Å². The minimum atomic E-state index is -0.412. The van der Waals surface area contributed by atoms with Crippen LogP contribution in [-0.2, 0) is 19.0 Å². The number of aromatic nitrogens is 2. The van der Waals surface area contributed by atoms with Gasteiger partial charge in [0.1, 0.15) is 0 Å². The molecule has 1 heterocycles. The second kappa shape index (κ2) is 5.35. The normalized spacial score (nSPS) is 14.4. The Bertz CT molecular complexity index is 562. The second-order valence-corrected chi connectivity index (χ2v) is 5.40. The molecule has 1 unspecified atom stereocenters. The number of aryl methyl sites for hydroxylation is 2. The SMILES string of the molecule is CCC(N)(Cc1c(Cl)c(C)nn1C)c1ccccc1. The van der Waals surface area contributed by atoms with Crippen molar-refractivity contribution in [2.75, 3.05) is 0 Å². The van der Waals surface area contributed by atoms with E-state index in [4.69, 9.17) is 17.3 Å². The minimum Gasteiger partial charge on any atom is -0.321 e. The Morgan fingerprint density at radius 3 is 2.42 bits per heavy atom. The molecule has 0 aliphatic carbocycles. The highest BCUT2D eigenvalue weighted by Gasteiger charge is 2.28. The zero-order valence-electron chi connectivity index (χ0n) is 11.7. The molecule has 19 heavy (non-hydrogen) atoms. The molecule has 1 atom stereocenters. The minimum absolute atomic E-state index is 0.412. The molecule has 2 rings (SSSR count). The Morgan fingerprint density at radius 2 is 1.95 bits per heavy atom. The number of halogens is 1. The van der Waals surface area contributed by atoms with E-state index in [1.807, 2.05) is 36.9 Å². The molecule has 0 radical (unpaired) electrons. The summed E-state index contributed by atoms with van der Waals surface area (Å²) in [5.74, 6) is 0. The number of rotatable bonds is 4. The van der Waals surface area contributed by atoms with E-state index in [1.54, 1.807) is 0 Å². The van der Waals surface area contributed by atoms with Gasteiger partial charge < -0.3 is 5.73 Å². The van der Waals surface area contributed by atoms with E-state index in [9.17, 15) is 0 Å². The first-order chi connectivity index (χ1) is 8.98. The molecule has 2 N–H and O–H groups in total. The highest BCUT2D eigenvalue weighted by atomic mass is 35.5. The lowest BCUT2D eigenvalue weighted by Gasteiger charge is -2.29. The molecule has 0 aliphatic heterocycles. The third kappa shape index (κ3) is 2.67. The number of nitrogens with two attached hydrogens (primary N) is 1. The van der Waals surface area contributed by atoms with Crippen molar-refractivity contribution in [1.82, 2.24) is 9.78 Å². The van der Waals surface area contributed by atoms with Gasteiger partial charge in [0.15, 0.2) is 0 Å². The van der Waals surface area contributed by atoms with E-state index in [2.05, 4.69) is 24.2 Å². The number of benzene rings is 1. The molecule has 1 aromatic carbocycles. The van der Waals surface area contributed by atoms with Gasteiger partial charge in [-0.25, -0.2) is 0 Å². The van der Waals surface area contributed by atoms with Crippen molar-refractivity contribution in [1.29, 1.82) is 0 Å². The lowest BCUT2D eigenvalue weighted by atomic mass is 9.84. The predicted molar refractivity (Wildman–Crippen MR) is 79.3 cm³/mol. The van der Waals surface area contributed by atoms with E-state index in [1.165, 1.54) is 0 Å². The third-order valence-electron chi connectivity index (χ3n) is 3.72. The molecule has 0 saturated carbocycles. The monoisotopic (exact) mass is 277 g/mol. The highest BCUT2D eigenvalue weighted by Crippen LogP contribution is 2.30. The molecular formula is C15H20ClN3. The van der Waals surface area contributed by atoms with E-state index < -0.39 is 5.54 Å². The maximum Gasteiger partial charge on any atom is 0.0847 e. The predicted octanol–water partition coefficient (Wildman–Crippen LogP) is 3.19. The van der Waals surface area contributed by atoms with Gasteiger partial charge in [0.25, 0.3) is 0 Å². The van der Waals surface area contributed by atoms with Crippen LogP contribution in [0.25, 0.3) is 0 Å². The van der Waals surface area contributed by atoms with Gasteiger partial charge in [-0.1, -0.05) is 48.9 Å². The van der Waals surface area contributed by atoms with Crippen LogP contribution in [0, 0.1) is 6.92 Å². The van der Waals surface area contributed by atoms with Crippen LogP contribution >= 0.6 is 11.6 Å².